The molecule has 1 heterocycles. The Morgan fingerprint density at radius 3 is 2.59 bits per heavy atom. The van der Waals surface area contributed by atoms with E-state index in [-0.39, 0.29) is 18.7 Å². The SMILES string of the molecule is CCOc1ccc(CC(=O)NC(Cc2c[nH]c3ccccc23)C(=O)O)cc1. The summed E-state index contributed by atoms with van der Waals surface area (Å²) in [6, 6.07) is 13.9. The lowest BCUT2D eigenvalue weighted by atomic mass is 10.0. The quantitative estimate of drug-likeness (QED) is 0.572. The zero-order valence-corrected chi connectivity index (χ0v) is 15.1. The summed E-state index contributed by atoms with van der Waals surface area (Å²) in [7, 11) is 0. The number of carbonyl (C=O) groups is 2. The number of hydrogen-bond donors (Lipinski definition) is 3. The molecule has 0 saturated heterocycles. The summed E-state index contributed by atoms with van der Waals surface area (Å²) in [4.78, 5) is 27.1. The standard InChI is InChI=1S/C21H22N2O4/c1-2-27-16-9-7-14(8-10-16)11-20(24)23-19(21(25)26)12-15-13-22-18-6-4-3-5-17(15)18/h3-10,13,19,22H,2,11-12H2,1H3,(H,23,24)(H,25,26). The van der Waals surface area contributed by atoms with E-state index in [2.05, 4.69) is 10.3 Å². The molecule has 0 saturated carbocycles. The van der Waals surface area contributed by atoms with Crippen molar-refractivity contribution in [3.05, 3.63) is 65.9 Å². The first-order valence-corrected chi connectivity index (χ1v) is 8.85. The van der Waals surface area contributed by atoms with Gasteiger partial charge in [-0.05, 0) is 36.2 Å². The molecule has 0 fully saturated rings. The van der Waals surface area contributed by atoms with Gasteiger partial charge >= 0.3 is 5.97 Å². The molecule has 3 aromatic rings. The molecule has 140 valence electrons. The van der Waals surface area contributed by atoms with Gasteiger partial charge in [-0.1, -0.05) is 30.3 Å². The molecule has 27 heavy (non-hydrogen) atoms. The van der Waals surface area contributed by atoms with E-state index < -0.39 is 12.0 Å². The number of rotatable bonds is 8. The van der Waals surface area contributed by atoms with Gasteiger partial charge in [0.1, 0.15) is 11.8 Å². The van der Waals surface area contributed by atoms with E-state index in [1.165, 1.54) is 0 Å². The Balaban J connectivity index is 1.65. The van der Waals surface area contributed by atoms with Crippen molar-refractivity contribution in [3.63, 3.8) is 0 Å². The number of carboxylic acid groups (broad SMARTS) is 1. The number of carbonyl (C=O) groups excluding carboxylic acids is 1. The molecule has 0 bridgehead atoms. The van der Waals surface area contributed by atoms with E-state index in [1.807, 2.05) is 31.2 Å². The smallest absolute Gasteiger partial charge is 0.326 e. The number of carboxylic acids is 1. The number of benzene rings is 2. The number of aliphatic carboxylic acids is 1. The van der Waals surface area contributed by atoms with Crippen LogP contribution < -0.4 is 10.1 Å². The maximum absolute atomic E-state index is 12.3. The van der Waals surface area contributed by atoms with Gasteiger partial charge in [0.05, 0.1) is 13.0 Å². The lowest BCUT2D eigenvalue weighted by molar-refractivity contribution is -0.141. The summed E-state index contributed by atoms with van der Waals surface area (Å²) in [6.07, 6.45) is 2.12. The van der Waals surface area contributed by atoms with Crippen LogP contribution in [0, 0.1) is 0 Å². The van der Waals surface area contributed by atoms with E-state index in [9.17, 15) is 14.7 Å². The van der Waals surface area contributed by atoms with Crippen molar-refractivity contribution in [2.45, 2.75) is 25.8 Å². The Hall–Kier alpha value is -3.28. The number of fused-ring (bicyclic) bond motifs is 1. The second kappa shape index (κ2) is 8.40. The highest BCUT2D eigenvalue weighted by Crippen LogP contribution is 2.19. The highest BCUT2D eigenvalue weighted by molar-refractivity contribution is 5.87. The molecule has 1 atom stereocenters. The fraction of sp³-hybridized carbons (Fsp3) is 0.238. The molecule has 1 aromatic heterocycles. The van der Waals surface area contributed by atoms with Crippen LogP contribution in [0.5, 0.6) is 5.75 Å². The van der Waals surface area contributed by atoms with Crippen molar-refractivity contribution in [1.29, 1.82) is 0 Å². The Kier molecular flexibility index (Phi) is 5.76. The Morgan fingerprint density at radius 2 is 1.89 bits per heavy atom. The fourth-order valence-electron chi connectivity index (χ4n) is 3.02. The maximum Gasteiger partial charge on any atom is 0.326 e. The van der Waals surface area contributed by atoms with Crippen LogP contribution in [0.3, 0.4) is 0 Å². The topological polar surface area (TPSA) is 91.4 Å². The normalized spacial score (nSPS) is 11.9. The van der Waals surface area contributed by atoms with Gasteiger partial charge < -0.3 is 20.1 Å². The zero-order valence-electron chi connectivity index (χ0n) is 15.1. The van der Waals surface area contributed by atoms with Gasteiger partial charge in [0, 0.05) is 23.5 Å². The molecule has 1 unspecified atom stereocenters. The van der Waals surface area contributed by atoms with Gasteiger partial charge in [0.15, 0.2) is 0 Å². The average molecular weight is 366 g/mol. The average Bonchev–Trinajstić information content (AvgIpc) is 3.06. The van der Waals surface area contributed by atoms with Gasteiger partial charge in [0.25, 0.3) is 0 Å². The molecule has 6 nitrogen and oxygen atoms in total. The second-order valence-corrected chi connectivity index (χ2v) is 6.28. The number of ether oxygens (including phenoxy) is 1. The number of aromatic nitrogens is 1. The molecule has 1 amide bonds. The van der Waals surface area contributed by atoms with Gasteiger partial charge in [-0.15, -0.1) is 0 Å². The number of amides is 1. The minimum Gasteiger partial charge on any atom is -0.494 e. The van der Waals surface area contributed by atoms with E-state index >= 15 is 0 Å². The van der Waals surface area contributed by atoms with Gasteiger partial charge in [-0.2, -0.15) is 0 Å². The van der Waals surface area contributed by atoms with E-state index in [0.29, 0.717) is 6.61 Å². The van der Waals surface area contributed by atoms with Crippen LogP contribution in [0.2, 0.25) is 0 Å². The number of para-hydroxylation sites is 1. The largest absolute Gasteiger partial charge is 0.494 e. The summed E-state index contributed by atoms with van der Waals surface area (Å²) in [5, 5.41) is 13.1. The van der Waals surface area contributed by atoms with Crippen LogP contribution in [-0.2, 0) is 22.4 Å². The van der Waals surface area contributed by atoms with Gasteiger partial charge in [0.2, 0.25) is 5.91 Å². The monoisotopic (exact) mass is 366 g/mol. The van der Waals surface area contributed by atoms with Crippen molar-refractivity contribution >= 4 is 22.8 Å². The molecule has 0 aliphatic heterocycles. The number of aromatic amines is 1. The van der Waals surface area contributed by atoms with Crippen LogP contribution >= 0.6 is 0 Å². The minimum atomic E-state index is -1.06. The van der Waals surface area contributed by atoms with Crippen molar-refractivity contribution in [2.75, 3.05) is 6.61 Å². The Morgan fingerprint density at radius 1 is 1.15 bits per heavy atom. The third-order valence-corrected chi connectivity index (χ3v) is 4.33. The number of nitrogens with one attached hydrogen (secondary N) is 2. The second-order valence-electron chi connectivity index (χ2n) is 6.28. The summed E-state index contributed by atoms with van der Waals surface area (Å²) in [5.74, 6) is -0.642. The zero-order chi connectivity index (χ0) is 19.2. The molecule has 0 spiro atoms. The first-order chi connectivity index (χ1) is 13.1. The van der Waals surface area contributed by atoms with Crippen molar-refractivity contribution < 1.29 is 19.4 Å². The van der Waals surface area contributed by atoms with Crippen molar-refractivity contribution in [2.24, 2.45) is 0 Å². The molecule has 3 rings (SSSR count). The number of H-pyrrole nitrogens is 1. The summed E-state index contributed by atoms with van der Waals surface area (Å²) in [6.45, 7) is 2.48. The van der Waals surface area contributed by atoms with Gasteiger partial charge in [-0.3, -0.25) is 4.79 Å². The molecule has 0 aliphatic rings. The molecular formula is C21H22N2O4. The minimum absolute atomic E-state index is 0.115. The third kappa shape index (κ3) is 4.67. The van der Waals surface area contributed by atoms with Crippen LogP contribution in [-0.4, -0.2) is 34.6 Å². The predicted octanol–water partition coefficient (Wildman–Crippen LogP) is 2.92. The Bertz CT molecular complexity index is 931. The fourth-order valence-corrected chi connectivity index (χ4v) is 3.02. The molecule has 2 aromatic carbocycles. The summed E-state index contributed by atoms with van der Waals surface area (Å²) < 4.78 is 5.37. The predicted molar refractivity (Wildman–Crippen MR) is 103 cm³/mol. The van der Waals surface area contributed by atoms with E-state index in [4.69, 9.17) is 4.74 Å². The first kappa shape index (κ1) is 18.5. The third-order valence-electron chi connectivity index (χ3n) is 4.33. The van der Waals surface area contributed by atoms with Gasteiger partial charge in [-0.25, -0.2) is 4.79 Å². The molecule has 0 radical (unpaired) electrons. The van der Waals surface area contributed by atoms with Crippen LogP contribution in [0.1, 0.15) is 18.1 Å². The van der Waals surface area contributed by atoms with Crippen molar-refractivity contribution in [3.8, 4) is 5.75 Å². The van der Waals surface area contributed by atoms with Crippen LogP contribution in [0.25, 0.3) is 10.9 Å². The van der Waals surface area contributed by atoms with Crippen molar-refractivity contribution in [1.82, 2.24) is 10.3 Å². The highest BCUT2D eigenvalue weighted by atomic mass is 16.5. The lowest BCUT2D eigenvalue weighted by Gasteiger charge is -2.14. The summed E-state index contributed by atoms with van der Waals surface area (Å²) in [5.41, 5.74) is 2.60. The van der Waals surface area contributed by atoms with Crippen LogP contribution in [0.4, 0.5) is 0 Å². The molecule has 3 N–H and O–H groups in total. The molecule has 6 heteroatoms. The van der Waals surface area contributed by atoms with E-state index in [0.717, 1.165) is 27.8 Å². The highest BCUT2D eigenvalue weighted by Gasteiger charge is 2.22. The van der Waals surface area contributed by atoms with Crippen LogP contribution in [0.15, 0.2) is 54.7 Å². The summed E-state index contributed by atoms with van der Waals surface area (Å²) >= 11 is 0. The number of hydrogen-bond acceptors (Lipinski definition) is 3. The Labute approximate surface area is 157 Å². The maximum atomic E-state index is 12.3. The lowest BCUT2D eigenvalue weighted by Crippen LogP contribution is -2.43. The van der Waals surface area contributed by atoms with E-state index in [1.54, 1.807) is 30.5 Å². The first-order valence-electron chi connectivity index (χ1n) is 8.85. The molecular weight excluding hydrogens is 344 g/mol. The molecule has 0 aliphatic carbocycles.